The fraction of sp³-hybridized carbons (Fsp3) is 0.154. The van der Waals surface area contributed by atoms with Gasteiger partial charge in [-0.2, -0.15) is 0 Å². The number of hydrogen-bond acceptors (Lipinski definition) is 1. The molecule has 0 saturated carbocycles. The van der Waals surface area contributed by atoms with Crippen LogP contribution in [0.25, 0.3) is 0 Å². The fourth-order valence-electron chi connectivity index (χ4n) is 1.60. The first kappa shape index (κ1) is 10.2. The first-order chi connectivity index (χ1) is 7.27. The Morgan fingerprint density at radius 2 is 1.93 bits per heavy atom. The summed E-state index contributed by atoms with van der Waals surface area (Å²) in [6, 6.07) is 7.04. The molecular formula is C13H11ClO. The second-order valence-electron chi connectivity index (χ2n) is 3.53. The minimum atomic E-state index is -0.0174. The molecule has 0 fully saturated rings. The van der Waals surface area contributed by atoms with E-state index in [0.29, 0.717) is 5.02 Å². The van der Waals surface area contributed by atoms with Crippen LogP contribution in [-0.2, 0) is 0 Å². The smallest absolute Gasteiger partial charge is 0.170 e. The molecular weight excluding hydrogens is 208 g/mol. The quantitative estimate of drug-likeness (QED) is 0.693. The lowest BCUT2D eigenvalue weighted by Crippen LogP contribution is -2.12. The SMILES string of the molecule is O=C(c1ccc(Cl)cc1)C1C=CC=CC1. The van der Waals surface area contributed by atoms with Crippen LogP contribution in [0.4, 0.5) is 0 Å². The molecule has 1 aromatic carbocycles. The molecule has 0 saturated heterocycles. The van der Waals surface area contributed by atoms with Crippen LogP contribution in [0.1, 0.15) is 16.8 Å². The molecule has 15 heavy (non-hydrogen) atoms. The Morgan fingerprint density at radius 1 is 1.20 bits per heavy atom. The van der Waals surface area contributed by atoms with Crippen molar-refractivity contribution in [1.82, 2.24) is 0 Å². The van der Waals surface area contributed by atoms with Gasteiger partial charge < -0.3 is 0 Å². The Labute approximate surface area is 94.1 Å². The highest BCUT2D eigenvalue weighted by molar-refractivity contribution is 6.30. The van der Waals surface area contributed by atoms with Gasteiger partial charge in [0.05, 0.1) is 0 Å². The lowest BCUT2D eigenvalue weighted by molar-refractivity contribution is 0.0945. The molecule has 0 radical (unpaired) electrons. The van der Waals surface area contributed by atoms with Crippen LogP contribution in [0, 0.1) is 5.92 Å². The number of carbonyl (C=O) groups is 1. The average molecular weight is 219 g/mol. The minimum absolute atomic E-state index is 0.0174. The van der Waals surface area contributed by atoms with Gasteiger partial charge in [-0.25, -0.2) is 0 Å². The van der Waals surface area contributed by atoms with Crippen LogP contribution in [0.5, 0.6) is 0 Å². The monoisotopic (exact) mass is 218 g/mol. The summed E-state index contributed by atoms with van der Waals surface area (Å²) in [6.45, 7) is 0. The molecule has 0 spiro atoms. The zero-order chi connectivity index (χ0) is 10.7. The van der Waals surface area contributed by atoms with Crippen LogP contribution in [0.15, 0.2) is 48.6 Å². The van der Waals surface area contributed by atoms with Gasteiger partial charge in [0.1, 0.15) is 0 Å². The van der Waals surface area contributed by atoms with Gasteiger partial charge in [-0.05, 0) is 30.7 Å². The van der Waals surface area contributed by atoms with Gasteiger partial charge in [-0.3, -0.25) is 4.79 Å². The van der Waals surface area contributed by atoms with Gasteiger partial charge in [-0.15, -0.1) is 0 Å². The van der Waals surface area contributed by atoms with E-state index in [4.69, 9.17) is 11.6 Å². The van der Waals surface area contributed by atoms with Crippen molar-refractivity contribution < 1.29 is 4.79 Å². The molecule has 0 bridgehead atoms. The summed E-state index contributed by atoms with van der Waals surface area (Å²) >= 11 is 5.77. The molecule has 1 nitrogen and oxygen atoms in total. The third kappa shape index (κ3) is 2.37. The van der Waals surface area contributed by atoms with Gasteiger partial charge >= 0.3 is 0 Å². The van der Waals surface area contributed by atoms with Crippen LogP contribution in [0.2, 0.25) is 5.02 Å². The summed E-state index contributed by atoms with van der Waals surface area (Å²) in [5, 5.41) is 0.658. The molecule has 0 heterocycles. The van der Waals surface area contributed by atoms with Crippen molar-refractivity contribution in [3.05, 3.63) is 59.2 Å². The summed E-state index contributed by atoms with van der Waals surface area (Å²) in [6.07, 6.45) is 8.63. The Balaban J connectivity index is 2.17. The fourth-order valence-corrected chi connectivity index (χ4v) is 1.73. The van der Waals surface area contributed by atoms with E-state index in [1.807, 2.05) is 24.3 Å². The third-order valence-corrected chi connectivity index (χ3v) is 2.70. The summed E-state index contributed by atoms with van der Waals surface area (Å²) in [5.74, 6) is 0.142. The third-order valence-electron chi connectivity index (χ3n) is 2.45. The standard InChI is InChI=1S/C13H11ClO/c14-12-8-6-11(7-9-12)13(15)10-4-2-1-3-5-10/h1-4,6-10H,5H2. The summed E-state index contributed by atoms with van der Waals surface area (Å²) in [5.41, 5.74) is 0.726. The highest BCUT2D eigenvalue weighted by Crippen LogP contribution is 2.19. The molecule has 1 unspecified atom stereocenters. The van der Waals surface area contributed by atoms with Gasteiger partial charge in [0.2, 0.25) is 0 Å². The van der Waals surface area contributed by atoms with E-state index in [-0.39, 0.29) is 11.7 Å². The molecule has 1 aliphatic carbocycles. The maximum atomic E-state index is 12.0. The van der Waals surface area contributed by atoms with Gasteiger partial charge in [0, 0.05) is 16.5 Å². The summed E-state index contributed by atoms with van der Waals surface area (Å²) < 4.78 is 0. The van der Waals surface area contributed by atoms with Crippen molar-refractivity contribution in [1.29, 1.82) is 0 Å². The highest BCUT2D eigenvalue weighted by atomic mass is 35.5. The van der Waals surface area contributed by atoms with Crippen molar-refractivity contribution in [2.75, 3.05) is 0 Å². The van der Waals surface area contributed by atoms with Crippen LogP contribution in [0.3, 0.4) is 0 Å². The van der Waals surface area contributed by atoms with E-state index in [1.54, 1.807) is 24.3 Å². The molecule has 1 aromatic rings. The number of ketones is 1. The van der Waals surface area contributed by atoms with E-state index in [9.17, 15) is 4.79 Å². The zero-order valence-electron chi connectivity index (χ0n) is 8.19. The topological polar surface area (TPSA) is 17.1 Å². The van der Waals surface area contributed by atoms with E-state index in [1.165, 1.54) is 0 Å². The number of Topliss-reactive ketones (excluding diaryl/α,β-unsaturated/α-hetero) is 1. The Hall–Kier alpha value is -1.34. The van der Waals surface area contributed by atoms with Gasteiger partial charge in [0.25, 0.3) is 0 Å². The van der Waals surface area contributed by atoms with Crippen LogP contribution >= 0.6 is 11.6 Å². The number of allylic oxidation sites excluding steroid dienone is 4. The normalized spacial score (nSPS) is 19.1. The predicted octanol–water partition coefficient (Wildman–Crippen LogP) is 3.66. The van der Waals surface area contributed by atoms with Crippen LogP contribution < -0.4 is 0 Å². The Morgan fingerprint density at radius 3 is 2.53 bits per heavy atom. The minimum Gasteiger partial charge on any atom is -0.294 e. The van der Waals surface area contributed by atoms with E-state index < -0.39 is 0 Å². The zero-order valence-corrected chi connectivity index (χ0v) is 8.95. The van der Waals surface area contributed by atoms with Crippen molar-refractivity contribution in [3.8, 4) is 0 Å². The maximum Gasteiger partial charge on any atom is 0.170 e. The Kier molecular flexibility index (Phi) is 3.02. The number of rotatable bonds is 2. The molecule has 0 amide bonds. The molecule has 2 heteroatoms. The number of benzene rings is 1. The van der Waals surface area contributed by atoms with Crippen molar-refractivity contribution in [3.63, 3.8) is 0 Å². The molecule has 2 rings (SSSR count). The van der Waals surface area contributed by atoms with Gasteiger partial charge in [0.15, 0.2) is 5.78 Å². The molecule has 1 atom stereocenters. The molecule has 0 N–H and O–H groups in total. The number of hydrogen-bond donors (Lipinski definition) is 0. The van der Waals surface area contributed by atoms with Crippen molar-refractivity contribution in [2.24, 2.45) is 5.92 Å². The highest BCUT2D eigenvalue weighted by Gasteiger charge is 2.16. The van der Waals surface area contributed by atoms with E-state index in [0.717, 1.165) is 12.0 Å². The molecule has 0 aromatic heterocycles. The lowest BCUT2D eigenvalue weighted by Gasteiger charge is -2.11. The lowest BCUT2D eigenvalue weighted by atomic mass is 9.92. The first-order valence-corrected chi connectivity index (χ1v) is 5.28. The average Bonchev–Trinajstić information content (AvgIpc) is 2.30. The van der Waals surface area contributed by atoms with E-state index in [2.05, 4.69) is 0 Å². The summed E-state index contributed by atoms with van der Waals surface area (Å²) in [7, 11) is 0. The second kappa shape index (κ2) is 4.45. The van der Waals surface area contributed by atoms with Crippen molar-refractivity contribution >= 4 is 17.4 Å². The van der Waals surface area contributed by atoms with Crippen molar-refractivity contribution in [2.45, 2.75) is 6.42 Å². The Bertz CT molecular complexity index is 415. The largest absolute Gasteiger partial charge is 0.294 e. The summed E-state index contributed by atoms with van der Waals surface area (Å²) in [4.78, 5) is 12.0. The van der Waals surface area contributed by atoms with Crippen LogP contribution in [-0.4, -0.2) is 5.78 Å². The number of carbonyl (C=O) groups excluding carboxylic acids is 1. The molecule has 76 valence electrons. The number of halogens is 1. The maximum absolute atomic E-state index is 12.0. The van der Waals surface area contributed by atoms with E-state index >= 15 is 0 Å². The molecule has 0 aliphatic heterocycles. The predicted molar refractivity (Wildman–Crippen MR) is 62.2 cm³/mol. The second-order valence-corrected chi connectivity index (χ2v) is 3.96. The first-order valence-electron chi connectivity index (χ1n) is 4.90. The molecule has 1 aliphatic rings. The van der Waals surface area contributed by atoms with Gasteiger partial charge in [-0.1, -0.05) is 35.9 Å².